The number of ether oxygens (including phenoxy) is 2. The molecule has 2 fully saturated rings. The van der Waals surface area contributed by atoms with Crippen molar-refractivity contribution >= 4 is 12.0 Å². The van der Waals surface area contributed by atoms with Crippen molar-refractivity contribution in [2.75, 3.05) is 19.7 Å². The molecule has 0 aromatic heterocycles. The molecule has 0 radical (unpaired) electrons. The first kappa shape index (κ1) is 20.0. The lowest BCUT2D eigenvalue weighted by atomic mass is 9.78. The zero-order chi connectivity index (χ0) is 21.0. The van der Waals surface area contributed by atoms with E-state index in [-0.39, 0.29) is 41.2 Å². The van der Waals surface area contributed by atoms with Crippen molar-refractivity contribution < 1.29 is 19.1 Å². The predicted octanol–water partition coefficient (Wildman–Crippen LogP) is 3.56. The molecule has 2 amide bonds. The molecule has 6 heteroatoms. The minimum Gasteiger partial charge on any atom is -0.493 e. The molecule has 0 bridgehead atoms. The highest BCUT2D eigenvalue weighted by Crippen LogP contribution is 2.52. The van der Waals surface area contributed by atoms with Crippen LogP contribution in [0.25, 0.3) is 0 Å². The number of benzene rings is 1. The number of carbonyl (C=O) groups is 2. The van der Waals surface area contributed by atoms with Crippen LogP contribution in [0.5, 0.6) is 5.75 Å². The normalized spacial score (nSPS) is 28.1. The summed E-state index contributed by atoms with van der Waals surface area (Å²) < 4.78 is 11.2. The van der Waals surface area contributed by atoms with Crippen LogP contribution in [0, 0.1) is 17.8 Å². The van der Waals surface area contributed by atoms with Gasteiger partial charge in [0, 0.05) is 30.5 Å². The first-order chi connectivity index (χ1) is 13.6. The summed E-state index contributed by atoms with van der Waals surface area (Å²) in [5.74, 6) is 1.75. The quantitative estimate of drug-likeness (QED) is 0.842. The first-order valence-corrected chi connectivity index (χ1v) is 10.6. The second-order valence-corrected chi connectivity index (χ2v) is 10.2. The van der Waals surface area contributed by atoms with Gasteiger partial charge in [-0.3, -0.25) is 4.79 Å². The molecular weight excluding hydrogens is 368 g/mol. The summed E-state index contributed by atoms with van der Waals surface area (Å²) in [5, 5.41) is 3.31. The van der Waals surface area contributed by atoms with Crippen LogP contribution in [0.15, 0.2) is 24.3 Å². The van der Waals surface area contributed by atoms with Crippen LogP contribution in [-0.2, 0) is 9.53 Å². The number of carbonyl (C=O) groups excluding carboxylic acids is 2. The second kappa shape index (κ2) is 6.92. The molecule has 1 saturated heterocycles. The van der Waals surface area contributed by atoms with E-state index in [1.165, 1.54) is 0 Å². The molecule has 1 aliphatic carbocycles. The third-order valence-electron chi connectivity index (χ3n) is 6.42. The molecule has 1 N–H and O–H groups in total. The topological polar surface area (TPSA) is 67.9 Å². The number of hydrogen-bond acceptors (Lipinski definition) is 4. The molecule has 4 atom stereocenters. The van der Waals surface area contributed by atoms with E-state index in [0.717, 1.165) is 17.7 Å². The van der Waals surface area contributed by atoms with Crippen molar-refractivity contribution in [1.82, 2.24) is 10.2 Å². The van der Waals surface area contributed by atoms with Crippen molar-refractivity contribution in [3.8, 4) is 5.75 Å². The Morgan fingerprint density at radius 2 is 1.76 bits per heavy atom. The summed E-state index contributed by atoms with van der Waals surface area (Å²) in [5.41, 5.74) is 0.305. The maximum Gasteiger partial charge on any atom is 0.410 e. The molecule has 0 spiro atoms. The van der Waals surface area contributed by atoms with Gasteiger partial charge in [0.25, 0.3) is 0 Å². The molecule has 29 heavy (non-hydrogen) atoms. The van der Waals surface area contributed by atoms with Crippen LogP contribution in [0.4, 0.5) is 4.79 Å². The number of nitrogens with zero attached hydrogens (tertiary/aromatic N) is 1. The largest absolute Gasteiger partial charge is 0.493 e. The average molecular weight is 401 g/mol. The van der Waals surface area contributed by atoms with Gasteiger partial charge in [0.2, 0.25) is 5.91 Å². The smallest absolute Gasteiger partial charge is 0.410 e. The molecule has 4 rings (SSSR count). The van der Waals surface area contributed by atoms with Gasteiger partial charge in [0.05, 0.1) is 6.61 Å². The Kier molecular flexibility index (Phi) is 4.79. The van der Waals surface area contributed by atoms with E-state index in [9.17, 15) is 9.59 Å². The highest BCUT2D eigenvalue weighted by Gasteiger charge is 2.61. The lowest BCUT2D eigenvalue weighted by molar-refractivity contribution is -0.125. The third-order valence-corrected chi connectivity index (χ3v) is 6.42. The molecule has 1 saturated carbocycles. The fourth-order valence-electron chi connectivity index (χ4n) is 4.97. The standard InChI is InChI=1S/C23H32N2O4/c1-22(2,3)29-21(27)25-12-15-16(13-25)19(15)20(26)24-23(4,5)17-10-11-28-18-9-7-6-8-14(17)18/h6-9,15-17,19H,10-13H2,1-5H3,(H,24,26)/t15-,16+,17?,19+. The van der Waals surface area contributed by atoms with Gasteiger partial charge in [-0.1, -0.05) is 18.2 Å². The maximum absolute atomic E-state index is 13.0. The molecule has 1 aromatic carbocycles. The number of fused-ring (bicyclic) bond motifs is 2. The monoisotopic (exact) mass is 400 g/mol. The molecule has 158 valence electrons. The highest BCUT2D eigenvalue weighted by atomic mass is 16.6. The molecule has 6 nitrogen and oxygen atoms in total. The van der Waals surface area contributed by atoms with Crippen LogP contribution in [0.2, 0.25) is 0 Å². The first-order valence-electron chi connectivity index (χ1n) is 10.6. The SMILES string of the molecule is CC(C)(C)OC(=O)N1C[C@@H]2[C@H](C1)[C@H]2C(=O)NC(C)(C)C1CCOc2ccccc21. The third kappa shape index (κ3) is 3.94. The highest BCUT2D eigenvalue weighted by molar-refractivity contribution is 5.84. The van der Waals surface area contributed by atoms with E-state index in [1.807, 2.05) is 39.0 Å². The maximum atomic E-state index is 13.0. The molecule has 1 aromatic rings. The number of amides is 2. The Balaban J connectivity index is 1.35. The molecule has 1 unspecified atom stereocenters. The van der Waals surface area contributed by atoms with Crippen molar-refractivity contribution in [2.45, 2.75) is 58.1 Å². The summed E-state index contributed by atoms with van der Waals surface area (Å²) >= 11 is 0. The van der Waals surface area contributed by atoms with Crippen LogP contribution in [-0.4, -0.2) is 47.7 Å². The van der Waals surface area contributed by atoms with Gasteiger partial charge in [-0.25, -0.2) is 4.79 Å². The van der Waals surface area contributed by atoms with Crippen LogP contribution in [0.1, 0.15) is 52.5 Å². The fourth-order valence-corrected chi connectivity index (χ4v) is 4.97. The van der Waals surface area contributed by atoms with E-state index < -0.39 is 5.60 Å². The number of likely N-dealkylation sites (tertiary alicyclic amines) is 1. The van der Waals surface area contributed by atoms with E-state index in [0.29, 0.717) is 19.7 Å². The van der Waals surface area contributed by atoms with Gasteiger partial charge in [-0.05, 0) is 64.5 Å². The summed E-state index contributed by atoms with van der Waals surface area (Å²) in [6.45, 7) is 11.7. The Morgan fingerprint density at radius 1 is 1.10 bits per heavy atom. The number of para-hydroxylation sites is 1. The number of nitrogens with one attached hydrogen (secondary N) is 1. The second-order valence-electron chi connectivity index (χ2n) is 10.2. The predicted molar refractivity (Wildman–Crippen MR) is 110 cm³/mol. The number of hydrogen-bond donors (Lipinski definition) is 1. The zero-order valence-corrected chi connectivity index (χ0v) is 18.0. The van der Waals surface area contributed by atoms with Crippen molar-refractivity contribution in [3.05, 3.63) is 29.8 Å². The van der Waals surface area contributed by atoms with Gasteiger partial charge < -0.3 is 19.7 Å². The van der Waals surface area contributed by atoms with E-state index >= 15 is 0 Å². The number of piperidine rings is 1. The lowest BCUT2D eigenvalue weighted by Gasteiger charge is -2.39. The van der Waals surface area contributed by atoms with E-state index in [1.54, 1.807) is 4.90 Å². The summed E-state index contributed by atoms with van der Waals surface area (Å²) in [4.78, 5) is 27.0. The lowest BCUT2D eigenvalue weighted by Crippen LogP contribution is -2.50. The molecule has 3 aliphatic rings. The fraction of sp³-hybridized carbons (Fsp3) is 0.652. The summed E-state index contributed by atoms with van der Waals surface area (Å²) in [6.07, 6.45) is 0.608. The van der Waals surface area contributed by atoms with E-state index in [4.69, 9.17) is 9.47 Å². The molecule has 2 heterocycles. The van der Waals surface area contributed by atoms with Gasteiger partial charge >= 0.3 is 6.09 Å². The molecular formula is C23H32N2O4. The van der Waals surface area contributed by atoms with Gasteiger partial charge in [-0.15, -0.1) is 0 Å². The van der Waals surface area contributed by atoms with Gasteiger partial charge in [0.15, 0.2) is 0 Å². The Hall–Kier alpha value is -2.24. The average Bonchev–Trinajstić information content (AvgIpc) is 3.13. The summed E-state index contributed by atoms with van der Waals surface area (Å²) in [6, 6.07) is 8.09. The van der Waals surface area contributed by atoms with Crippen LogP contribution >= 0.6 is 0 Å². The van der Waals surface area contributed by atoms with Gasteiger partial charge in [0.1, 0.15) is 11.4 Å². The van der Waals surface area contributed by atoms with E-state index in [2.05, 4.69) is 25.2 Å². The Morgan fingerprint density at radius 3 is 2.41 bits per heavy atom. The summed E-state index contributed by atoms with van der Waals surface area (Å²) in [7, 11) is 0. The van der Waals surface area contributed by atoms with Crippen LogP contribution in [0.3, 0.4) is 0 Å². The van der Waals surface area contributed by atoms with Crippen LogP contribution < -0.4 is 10.1 Å². The van der Waals surface area contributed by atoms with Gasteiger partial charge in [-0.2, -0.15) is 0 Å². The molecule has 2 aliphatic heterocycles. The Bertz CT molecular complexity index is 801. The Labute approximate surface area is 172 Å². The zero-order valence-electron chi connectivity index (χ0n) is 18.0. The van der Waals surface area contributed by atoms with Crippen molar-refractivity contribution in [1.29, 1.82) is 0 Å². The minimum atomic E-state index is -0.495. The number of rotatable bonds is 3. The minimum absolute atomic E-state index is 0.00282. The van der Waals surface area contributed by atoms with Crippen molar-refractivity contribution in [3.63, 3.8) is 0 Å². The van der Waals surface area contributed by atoms with Crippen molar-refractivity contribution in [2.24, 2.45) is 17.8 Å².